The molecule has 4 rings (SSSR count). The normalized spacial score (nSPS) is 17.1. The highest BCUT2D eigenvalue weighted by molar-refractivity contribution is 7.92. The van der Waals surface area contributed by atoms with Crippen molar-refractivity contribution in [3.05, 3.63) is 47.0 Å². The number of ether oxygens (including phenoxy) is 1. The van der Waals surface area contributed by atoms with Crippen LogP contribution >= 0.6 is 11.6 Å². The summed E-state index contributed by atoms with van der Waals surface area (Å²) in [7, 11) is -3.77. The third-order valence-electron chi connectivity index (χ3n) is 6.01. The van der Waals surface area contributed by atoms with E-state index in [4.69, 9.17) is 16.3 Å². The molecule has 2 aliphatic rings. The van der Waals surface area contributed by atoms with E-state index in [1.54, 1.807) is 24.8 Å². The molecular weight excluding hydrogens is 466 g/mol. The van der Waals surface area contributed by atoms with Gasteiger partial charge >= 0.3 is 0 Å². The molecule has 2 amide bonds. The van der Waals surface area contributed by atoms with Gasteiger partial charge in [-0.05, 0) is 43.7 Å². The lowest BCUT2D eigenvalue weighted by Crippen LogP contribution is -2.49. The fourth-order valence-electron chi connectivity index (χ4n) is 4.11. The average molecular weight is 492 g/mol. The van der Waals surface area contributed by atoms with Crippen LogP contribution in [0.2, 0.25) is 5.02 Å². The first-order chi connectivity index (χ1) is 15.6. The summed E-state index contributed by atoms with van der Waals surface area (Å²) < 4.78 is 31.9. The van der Waals surface area contributed by atoms with Crippen LogP contribution < -0.4 is 15.0 Å². The Kier molecular flexibility index (Phi) is 6.54. The maximum Gasteiger partial charge on any atom is 0.262 e. The van der Waals surface area contributed by atoms with Crippen molar-refractivity contribution < 1.29 is 22.7 Å². The van der Waals surface area contributed by atoms with E-state index in [1.165, 1.54) is 6.07 Å². The number of halogens is 1. The van der Waals surface area contributed by atoms with Crippen LogP contribution in [-0.2, 0) is 19.4 Å². The minimum Gasteiger partial charge on any atom is -0.482 e. The third kappa shape index (κ3) is 4.94. The van der Waals surface area contributed by atoms with Gasteiger partial charge in [0.15, 0.2) is 16.4 Å². The molecule has 1 atom stereocenters. The van der Waals surface area contributed by atoms with Crippen LogP contribution in [0.25, 0.3) is 0 Å². The molecule has 2 heterocycles. The minimum absolute atomic E-state index is 0.104. The van der Waals surface area contributed by atoms with Crippen molar-refractivity contribution in [1.82, 2.24) is 4.90 Å². The number of carbonyl (C=O) groups excluding carboxylic acids is 2. The number of hydrogen-bond acceptors (Lipinski definition) is 6. The Labute approximate surface area is 198 Å². The number of hydrogen-bond donors (Lipinski definition) is 1. The van der Waals surface area contributed by atoms with Gasteiger partial charge in [0.1, 0.15) is 5.75 Å². The molecule has 0 spiro atoms. The number of carbonyl (C=O) groups is 2. The summed E-state index contributed by atoms with van der Waals surface area (Å²) in [6, 6.07) is 10.6. The molecule has 1 N–H and O–H groups in total. The van der Waals surface area contributed by atoms with Crippen molar-refractivity contribution in [3.63, 3.8) is 0 Å². The minimum atomic E-state index is -3.77. The molecule has 10 heteroatoms. The van der Waals surface area contributed by atoms with Gasteiger partial charge in [0.25, 0.3) is 5.91 Å². The largest absolute Gasteiger partial charge is 0.482 e. The van der Waals surface area contributed by atoms with Crippen molar-refractivity contribution in [2.75, 3.05) is 43.0 Å². The number of aryl methyl sites for hydroxylation is 1. The number of nitrogens with zero attached hydrogens (tertiary/aromatic N) is 2. The van der Waals surface area contributed by atoms with Crippen LogP contribution in [0, 0.1) is 6.92 Å². The van der Waals surface area contributed by atoms with Gasteiger partial charge in [-0.2, -0.15) is 0 Å². The number of sulfone groups is 1. The molecule has 0 radical (unpaired) electrons. The molecule has 2 aromatic rings. The number of amides is 2. The van der Waals surface area contributed by atoms with E-state index >= 15 is 0 Å². The Balaban J connectivity index is 1.41. The molecule has 33 heavy (non-hydrogen) atoms. The highest BCUT2D eigenvalue weighted by atomic mass is 35.5. The van der Waals surface area contributed by atoms with Gasteiger partial charge in [0.05, 0.1) is 15.8 Å². The van der Waals surface area contributed by atoms with Crippen molar-refractivity contribution in [1.29, 1.82) is 0 Å². The number of piperazine rings is 1. The Bertz CT molecular complexity index is 1190. The van der Waals surface area contributed by atoms with Gasteiger partial charge in [0.2, 0.25) is 5.91 Å². The topological polar surface area (TPSA) is 96.0 Å². The number of fused-ring (bicyclic) bond motifs is 1. The molecule has 1 fully saturated rings. The highest BCUT2D eigenvalue weighted by Gasteiger charge is 2.31. The maximum absolute atomic E-state index is 13.3. The zero-order valence-corrected chi connectivity index (χ0v) is 20.1. The summed E-state index contributed by atoms with van der Waals surface area (Å²) in [4.78, 5) is 28.4. The molecule has 0 aromatic heterocycles. The summed E-state index contributed by atoms with van der Waals surface area (Å²) in [5, 5.41) is 2.44. The summed E-state index contributed by atoms with van der Waals surface area (Å²) in [5.74, 6) is -0.155. The molecule has 1 saturated heterocycles. The van der Waals surface area contributed by atoms with E-state index in [1.807, 2.05) is 24.3 Å². The van der Waals surface area contributed by atoms with E-state index in [0.717, 1.165) is 5.69 Å². The Morgan fingerprint density at radius 2 is 1.91 bits per heavy atom. The van der Waals surface area contributed by atoms with Gasteiger partial charge < -0.3 is 19.9 Å². The second-order valence-electron chi connectivity index (χ2n) is 8.36. The molecule has 176 valence electrons. The monoisotopic (exact) mass is 491 g/mol. The summed E-state index contributed by atoms with van der Waals surface area (Å²) in [5.41, 5.74) is 1.95. The molecule has 0 bridgehead atoms. The van der Waals surface area contributed by atoms with Gasteiger partial charge in [-0.3, -0.25) is 9.59 Å². The standard InChI is InChI=1S/C23H26ClN3O5S/c1-15-10-19-20(32-14-22(28)25-19)13-21(15)33(30,31)16(2)11-23(29)27-8-6-26(7-9-27)18-5-3-4-17(24)12-18/h3-5,10,12-13,16H,6-9,11,14H2,1-2H3,(H,25,28). The van der Waals surface area contributed by atoms with E-state index in [0.29, 0.717) is 48.2 Å². The molecule has 0 saturated carbocycles. The number of benzene rings is 2. The van der Waals surface area contributed by atoms with E-state index in [9.17, 15) is 18.0 Å². The molecule has 2 aliphatic heterocycles. The second-order valence-corrected chi connectivity index (χ2v) is 11.1. The predicted molar refractivity (Wildman–Crippen MR) is 127 cm³/mol. The first-order valence-corrected chi connectivity index (χ1v) is 12.7. The number of rotatable bonds is 5. The number of nitrogens with one attached hydrogen (secondary N) is 1. The summed E-state index contributed by atoms with van der Waals surface area (Å²) in [6.45, 7) is 5.40. The average Bonchev–Trinajstić information content (AvgIpc) is 2.78. The van der Waals surface area contributed by atoms with Crippen LogP contribution in [0.4, 0.5) is 11.4 Å². The zero-order chi connectivity index (χ0) is 23.8. The molecule has 2 aromatic carbocycles. The van der Waals surface area contributed by atoms with Crippen molar-refractivity contribution in [2.45, 2.75) is 30.4 Å². The zero-order valence-electron chi connectivity index (χ0n) is 18.5. The smallest absolute Gasteiger partial charge is 0.262 e. The highest BCUT2D eigenvalue weighted by Crippen LogP contribution is 2.34. The van der Waals surface area contributed by atoms with Crippen molar-refractivity contribution in [3.8, 4) is 5.75 Å². The molecular formula is C23H26ClN3O5S. The predicted octanol–water partition coefficient (Wildman–Crippen LogP) is 2.88. The Morgan fingerprint density at radius 1 is 1.18 bits per heavy atom. The fraction of sp³-hybridized carbons (Fsp3) is 0.391. The van der Waals surface area contributed by atoms with E-state index < -0.39 is 15.1 Å². The first kappa shape index (κ1) is 23.4. The van der Waals surface area contributed by atoms with E-state index in [-0.39, 0.29) is 29.7 Å². The lowest BCUT2D eigenvalue weighted by atomic mass is 10.2. The van der Waals surface area contributed by atoms with Gasteiger partial charge in [-0.25, -0.2) is 8.42 Å². The maximum atomic E-state index is 13.3. The van der Waals surface area contributed by atoms with Crippen LogP contribution in [-0.4, -0.2) is 63.2 Å². The van der Waals surface area contributed by atoms with Crippen LogP contribution in [0.15, 0.2) is 41.3 Å². The van der Waals surface area contributed by atoms with Crippen LogP contribution in [0.5, 0.6) is 5.75 Å². The van der Waals surface area contributed by atoms with Gasteiger partial charge in [0, 0.05) is 49.4 Å². The second kappa shape index (κ2) is 9.23. The number of anilines is 2. The summed E-state index contributed by atoms with van der Waals surface area (Å²) >= 11 is 6.08. The summed E-state index contributed by atoms with van der Waals surface area (Å²) in [6.07, 6.45) is -0.104. The quantitative estimate of drug-likeness (QED) is 0.691. The third-order valence-corrected chi connectivity index (χ3v) is 8.53. The van der Waals surface area contributed by atoms with Crippen LogP contribution in [0.3, 0.4) is 0 Å². The van der Waals surface area contributed by atoms with Gasteiger partial charge in [-0.15, -0.1) is 0 Å². The van der Waals surface area contributed by atoms with Gasteiger partial charge in [-0.1, -0.05) is 17.7 Å². The van der Waals surface area contributed by atoms with E-state index in [2.05, 4.69) is 10.2 Å². The lowest BCUT2D eigenvalue weighted by molar-refractivity contribution is -0.131. The SMILES string of the molecule is Cc1cc2c(cc1S(=O)(=O)C(C)CC(=O)N1CCN(c3cccc(Cl)c3)CC1)OCC(=O)N2. The molecule has 0 aliphatic carbocycles. The Hall–Kier alpha value is -2.78. The molecule has 1 unspecified atom stereocenters. The lowest BCUT2D eigenvalue weighted by Gasteiger charge is -2.36. The van der Waals surface area contributed by atoms with Crippen molar-refractivity contribution >= 4 is 44.6 Å². The fourth-order valence-corrected chi connectivity index (χ4v) is 5.87. The molecule has 8 nitrogen and oxygen atoms in total. The van der Waals surface area contributed by atoms with Crippen molar-refractivity contribution in [2.24, 2.45) is 0 Å². The Morgan fingerprint density at radius 3 is 2.61 bits per heavy atom. The van der Waals surface area contributed by atoms with Crippen LogP contribution in [0.1, 0.15) is 18.9 Å². The first-order valence-electron chi connectivity index (χ1n) is 10.7.